The van der Waals surface area contributed by atoms with Crippen LogP contribution in [0.4, 0.5) is 9.59 Å². The molecule has 0 spiro atoms. The summed E-state index contributed by atoms with van der Waals surface area (Å²) in [6.07, 6.45) is -5.22. The van der Waals surface area contributed by atoms with Crippen LogP contribution in [0.5, 0.6) is 0 Å². The molecule has 0 aromatic carbocycles. The van der Waals surface area contributed by atoms with Gasteiger partial charge in [-0.25, -0.2) is 9.59 Å². The highest BCUT2D eigenvalue weighted by atomic mass is 16.6. The molecular weight excluding hydrogens is 516 g/mol. The van der Waals surface area contributed by atoms with E-state index < -0.39 is 66.8 Å². The number of esters is 2. The first-order valence-electron chi connectivity index (χ1n) is 13.2. The average molecular weight is 565 g/mol. The third-order valence-corrected chi connectivity index (χ3v) is 4.81. The summed E-state index contributed by atoms with van der Waals surface area (Å²) in [6, 6.07) is 0. The molecule has 0 saturated carbocycles. The fourth-order valence-corrected chi connectivity index (χ4v) is 3.06. The Kier molecular flexibility index (Phi) is 16.0. The zero-order valence-electron chi connectivity index (χ0n) is 24.6. The van der Waals surface area contributed by atoms with E-state index >= 15 is 0 Å². The van der Waals surface area contributed by atoms with Crippen molar-refractivity contribution in [2.45, 2.75) is 104 Å². The van der Waals surface area contributed by atoms with Crippen molar-refractivity contribution in [1.82, 2.24) is 9.80 Å². The largest absolute Gasteiger partial charge is 0.464 e. The van der Waals surface area contributed by atoms with Crippen molar-refractivity contribution >= 4 is 24.1 Å². The van der Waals surface area contributed by atoms with Crippen LogP contribution in [-0.2, 0) is 28.5 Å². The maximum absolute atomic E-state index is 12.3. The lowest BCUT2D eigenvalue weighted by Gasteiger charge is -2.27. The number of carbonyl (C=O) groups is 4. The lowest BCUT2D eigenvalue weighted by atomic mass is 10.1. The standard InChI is InChI=1S/C26H48N2O11/c1-9-12-27(23(34)38-25(3,4)5)15-20(31)36-14-11-18(29)22(33)19(30)17-37-21(32)16-28(13-10-2)24(35)39-26(6,7)8/h18-19,22,29-30,33H,9-17H2,1-8H3. The summed E-state index contributed by atoms with van der Waals surface area (Å²) < 4.78 is 20.5. The molecule has 0 aliphatic heterocycles. The second kappa shape index (κ2) is 17.1. The highest BCUT2D eigenvalue weighted by molar-refractivity contribution is 5.78. The summed E-state index contributed by atoms with van der Waals surface area (Å²) >= 11 is 0. The van der Waals surface area contributed by atoms with Gasteiger partial charge in [-0.15, -0.1) is 0 Å². The van der Waals surface area contributed by atoms with Gasteiger partial charge in [-0.3, -0.25) is 19.4 Å². The summed E-state index contributed by atoms with van der Waals surface area (Å²) in [4.78, 5) is 51.2. The van der Waals surface area contributed by atoms with Gasteiger partial charge >= 0.3 is 24.1 Å². The normalized spacial score (nSPS) is 14.0. The Labute approximate surface area is 231 Å². The summed E-state index contributed by atoms with van der Waals surface area (Å²) in [6.45, 7) is 12.7. The second-order valence-electron chi connectivity index (χ2n) is 11.1. The number of carbonyl (C=O) groups excluding carboxylic acids is 4. The number of hydrogen-bond donors (Lipinski definition) is 3. The van der Waals surface area contributed by atoms with Crippen molar-refractivity contribution in [2.75, 3.05) is 39.4 Å². The molecule has 0 aromatic rings. The van der Waals surface area contributed by atoms with Gasteiger partial charge in [0.1, 0.15) is 43.1 Å². The highest BCUT2D eigenvalue weighted by Gasteiger charge is 2.28. The van der Waals surface area contributed by atoms with Crippen LogP contribution in [0.3, 0.4) is 0 Å². The Morgan fingerprint density at radius 1 is 0.692 bits per heavy atom. The third kappa shape index (κ3) is 16.8. The zero-order valence-corrected chi connectivity index (χ0v) is 24.6. The van der Waals surface area contributed by atoms with E-state index in [1.165, 1.54) is 9.80 Å². The van der Waals surface area contributed by atoms with Gasteiger partial charge in [0, 0.05) is 19.5 Å². The van der Waals surface area contributed by atoms with E-state index in [1.54, 1.807) is 41.5 Å². The number of ether oxygens (including phenoxy) is 4. The third-order valence-electron chi connectivity index (χ3n) is 4.81. The van der Waals surface area contributed by atoms with Crippen LogP contribution in [-0.4, -0.2) is 118 Å². The molecule has 3 unspecified atom stereocenters. The molecule has 3 atom stereocenters. The Morgan fingerprint density at radius 2 is 1.10 bits per heavy atom. The van der Waals surface area contributed by atoms with Crippen LogP contribution in [0, 0.1) is 0 Å². The molecule has 0 fully saturated rings. The first-order chi connectivity index (χ1) is 17.9. The van der Waals surface area contributed by atoms with Crippen molar-refractivity contribution in [1.29, 1.82) is 0 Å². The van der Waals surface area contributed by atoms with E-state index in [4.69, 9.17) is 18.9 Å². The quantitative estimate of drug-likeness (QED) is 0.196. The number of rotatable bonds is 15. The van der Waals surface area contributed by atoms with Crippen LogP contribution in [0.2, 0.25) is 0 Å². The SMILES string of the molecule is CCCN(CC(=O)OCCC(O)C(O)C(O)COC(=O)CN(CCC)C(=O)OC(C)(C)C)C(=O)OC(C)(C)C. The lowest BCUT2D eigenvalue weighted by Crippen LogP contribution is -2.43. The molecule has 3 N–H and O–H groups in total. The Balaban J connectivity index is 4.62. The highest BCUT2D eigenvalue weighted by Crippen LogP contribution is 2.12. The van der Waals surface area contributed by atoms with E-state index in [2.05, 4.69) is 0 Å². The van der Waals surface area contributed by atoms with Crippen LogP contribution in [0.15, 0.2) is 0 Å². The Bertz CT molecular complexity index is 777. The average Bonchev–Trinajstić information content (AvgIpc) is 2.79. The van der Waals surface area contributed by atoms with Gasteiger partial charge in [-0.2, -0.15) is 0 Å². The summed E-state index contributed by atoms with van der Waals surface area (Å²) in [5.41, 5.74) is -1.47. The maximum Gasteiger partial charge on any atom is 0.410 e. The van der Waals surface area contributed by atoms with E-state index in [9.17, 15) is 34.5 Å². The van der Waals surface area contributed by atoms with Gasteiger partial charge < -0.3 is 34.3 Å². The summed E-state index contributed by atoms with van der Waals surface area (Å²) in [7, 11) is 0. The van der Waals surface area contributed by atoms with E-state index in [-0.39, 0.29) is 32.7 Å². The van der Waals surface area contributed by atoms with Gasteiger partial charge in [0.05, 0.1) is 12.7 Å². The molecule has 13 nitrogen and oxygen atoms in total. The summed E-state index contributed by atoms with van der Waals surface area (Å²) in [5.74, 6) is -1.56. The van der Waals surface area contributed by atoms with Crippen molar-refractivity contribution in [3.05, 3.63) is 0 Å². The maximum atomic E-state index is 12.3. The number of hydrogen-bond acceptors (Lipinski definition) is 11. The van der Waals surface area contributed by atoms with Crippen molar-refractivity contribution in [3.63, 3.8) is 0 Å². The number of aliphatic hydroxyl groups excluding tert-OH is 3. The zero-order chi connectivity index (χ0) is 30.4. The van der Waals surface area contributed by atoms with Crippen molar-refractivity contribution in [2.24, 2.45) is 0 Å². The van der Waals surface area contributed by atoms with Gasteiger partial charge in [0.25, 0.3) is 0 Å². The summed E-state index contributed by atoms with van der Waals surface area (Å²) in [5, 5.41) is 30.4. The Morgan fingerprint density at radius 3 is 1.49 bits per heavy atom. The monoisotopic (exact) mass is 564 g/mol. The predicted molar refractivity (Wildman–Crippen MR) is 141 cm³/mol. The predicted octanol–water partition coefficient (Wildman–Crippen LogP) is 1.84. The molecule has 228 valence electrons. The van der Waals surface area contributed by atoms with Gasteiger partial charge in [-0.1, -0.05) is 13.8 Å². The van der Waals surface area contributed by atoms with Crippen LogP contribution < -0.4 is 0 Å². The molecule has 0 rings (SSSR count). The molecule has 0 heterocycles. The fraction of sp³-hybridized carbons (Fsp3) is 0.846. The molecule has 0 saturated heterocycles. The topological polar surface area (TPSA) is 172 Å². The molecule has 0 radical (unpaired) electrons. The van der Waals surface area contributed by atoms with Crippen molar-refractivity contribution < 1.29 is 53.4 Å². The van der Waals surface area contributed by atoms with Crippen LogP contribution in [0.25, 0.3) is 0 Å². The minimum Gasteiger partial charge on any atom is -0.464 e. The van der Waals surface area contributed by atoms with Crippen LogP contribution in [0.1, 0.15) is 74.7 Å². The van der Waals surface area contributed by atoms with Crippen LogP contribution >= 0.6 is 0 Å². The second-order valence-corrected chi connectivity index (χ2v) is 11.1. The van der Waals surface area contributed by atoms with Gasteiger partial charge in [0.2, 0.25) is 0 Å². The molecule has 0 aromatic heterocycles. The molecule has 0 aliphatic carbocycles. The first-order valence-corrected chi connectivity index (χ1v) is 13.2. The molecule has 0 aliphatic rings. The number of amides is 2. The molecule has 0 bridgehead atoms. The number of aliphatic hydroxyl groups is 3. The molecule has 2 amide bonds. The molecular formula is C26H48N2O11. The lowest BCUT2D eigenvalue weighted by molar-refractivity contribution is -0.154. The van der Waals surface area contributed by atoms with E-state index in [0.717, 1.165) is 0 Å². The van der Waals surface area contributed by atoms with Gasteiger partial charge in [0.15, 0.2) is 0 Å². The fourth-order valence-electron chi connectivity index (χ4n) is 3.06. The Hall–Kier alpha value is -2.64. The molecule has 13 heteroatoms. The minimum atomic E-state index is -1.70. The first kappa shape index (κ1) is 36.4. The van der Waals surface area contributed by atoms with E-state index in [0.29, 0.717) is 12.8 Å². The van der Waals surface area contributed by atoms with Gasteiger partial charge in [-0.05, 0) is 54.4 Å². The number of nitrogens with zero attached hydrogens (tertiary/aromatic N) is 2. The molecule has 39 heavy (non-hydrogen) atoms. The smallest absolute Gasteiger partial charge is 0.410 e. The van der Waals surface area contributed by atoms with Crippen molar-refractivity contribution in [3.8, 4) is 0 Å². The minimum absolute atomic E-state index is 0.221. The van der Waals surface area contributed by atoms with E-state index in [1.807, 2.05) is 13.8 Å².